The molecule has 0 fully saturated rings. The van der Waals surface area contributed by atoms with Crippen LogP contribution >= 0.6 is 0 Å². The Morgan fingerprint density at radius 3 is 2.45 bits per heavy atom. The van der Waals surface area contributed by atoms with Crippen LogP contribution < -0.4 is 15.7 Å². The Morgan fingerprint density at radius 1 is 1.03 bits per heavy atom. The standard InChI is InChI=1S/C21H21N3O5/c1-3-29-20(26)17-6-4-5-7-18(17)22-19(25)14-23-12-13-24(21(23)27)15-8-10-16(28-2)11-9-15/h4-13H,3,14H2,1-2H3,(H,22,25). The maximum absolute atomic E-state index is 12.6. The van der Waals surface area contributed by atoms with Gasteiger partial charge in [-0.25, -0.2) is 9.59 Å². The molecule has 0 saturated carbocycles. The number of anilines is 1. The molecule has 8 nitrogen and oxygen atoms in total. The maximum Gasteiger partial charge on any atom is 0.340 e. The van der Waals surface area contributed by atoms with Gasteiger partial charge in [0.15, 0.2) is 0 Å². The number of para-hydroxylation sites is 1. The Bertz CT molecular complexity index is 1070. The predicted octanol–water partition coefficient (Wildman–Crippen LogP) is 2.46. The molecule has 1 heterocycles. The van der Waals surface area contributed by atoms with E-state index in [1.807, 2.05) is 0 Å². The van der Waals surface area contributed by atoms with Crippen molar-refractivity contribution < 1.29 is 19.1 Å². The number of benzene rings is 2. The summed E-state index contributed by atoms with van der Waals surface area (Å²) in [6.07, 6.45) is 3.12. The third kappa shape index (κ3) is 4.55. The smallest absolute Gasteiger partial charge is 0.340 e. The van der Waals surface area contributed by atoms with Crippen molar-refractivity contribution in [3.8, 4) is 11.4 Å². The summed E-state index contributed by atoms with van der Waals surface area (Å²) in [6, 6.07) is 13.6. The van der Waals surface area contributed by atoms with Gasteiger partial charge in [0.25, 0.3) is 0 Å². The number of hydrogen-bond acceptors (Lipinski definition) is 5. The summed E-state index contributed by atoms with van der Waals surface area (Å²) in [6.45, 7) is 1.74. The van der Waals surface area contributed by atoms with Crippen LogP contribution in [0.5, 0.6) is 5.75 Å². The monoisotopic (exact) mass is 395 g/mol. The lowest BCUT2D eigenvalue weighted by Crippen LogP contribution is -2.29. The van der Waals surface area contributed by atoms with E-state index >= 15 is 0 Å². The Balaban J connectivity index is 1.75. The predicted molar refractivity (Wildman–Crippen MR) is 108 cm³/mol. The number of imidazole rings is 1. The number of nitrogens with one attached hydrogen (secondary N) is 1. The highest BCUT2D eigenvalue weighted by atomic mass is 16.5. The molecule has 3 rings (SSSR count). The zero-order valence-electron chi connectivity index (χ0n) is 16.1. The van der Waals surface area contributed by atoms with Gasteiger partial charge >= 0.3 is 11.7 Å². The van der Waals surface area contributed by atoms with Gasteiger partial charge in [0, 0.05) is 12.4 Å². The Labute approximate surface area is 167 Å². The zero-order valence-corrected chi connectivity index (χ0v) is 16.1. The summed E-state index contributed by atoms with van der Waals surface area (Å²) in [5, 5.41) is 2.66. The minimum atomic E-state index is -0.522. The van der Waals surface area contributed by atoms with E-state index in [-0.39, 0.29) is 24.4 Å². The summed E-state index contributed by atoms with van der Waals surface area (Å²) in [4.78, 5) is 37.1. The summed E-state index contributed by atoms with van der Waals surface area (Å²) < 4.78 is 12.8. The van der Waals surface area contributed by atoms with Crippen LogP contribution in [0.15, 0.2) is 65.7 Å². The van der Waals surface area contributed by atoms with Gasteiger partial charge in [0.1, 0.15) is 12.3 Å². The first-order valence-corrected chi connectivity index (χ1v) is 9.01. The highest BCUT2D eigenvalue weighted by Crippen LogP contribution is 2.16. The number of carbonyl (C=O) groups is 2. The topological polar surface area (TPSA) is 91.6 Å². The van der Waals surface area contributed by atoms with E-state index in [0.717, 1.165) is 0 Å². The van der Waals surface area contributed by atoms with Crippen molar-refractivity contribution in [2.75, 3.05) is 19.0 Å². The average molecular weight is 395 g/mol. The van der Waals surface area contributed by atoms with Crippen LogP contribution in [-0.4, -0.2) is 34.7 Å². The summed E-state index contributed by atoms with van der Waals surface area (Å²) >= 11 is 0. The van der Waals surface area contributed by atoms with Crippen LogP contribution in [0.3, 0.4) is 0 Å². The molecular formula is C21H21N3O5. The lowest BCUT2D eigenvalue weighted by molar-refractivity contribution is -0.116. The number of nitrogens with zero attached hydrogens (tertiary/aromatic N) is 2. The molecule has 0 aliphatic rings. The van der Waals surface area contributed by atoms with Crippen molar-refractivity contribution in [3.63, 3.8) is 0 Å². The molecule has 8 heteroatoms. The Kier molecular flexibility index (Phi) is 6.13. The number of rotatable bonds is 7. The highest BCUT2D eigenvalue weighted by Gasteiger charge is 2.15. The fourth-order valence-electron chi connectivity index (χ4n) is 2.80. The van der Waals surface area contributed by atoms with Gasteiger partial charge in [0.2, 0.25) is 5.91 Å². The van der Waals surface area contributed by atoms with Crippen LogP contribution in [0, 0.1) is 0 Å². The molecule has 0 aliphatic carbocycles. The summed E-state index contributed by atoms with van der Waals surface area (Å²) in [5.41, 5.74) is 0.885. The maximum atomic E-state index is 12.6. The second kappa shape index (κ2) is 8.92. The number of ether oxygens (including phenoxy) is 2. The normalized spacial score (nSPS) is 10.4. The summed E-state index contributed by atoms with van der Waals surface area (Å²) in [5.74, 6) is -0.275. The van der Waals surface area contributed by atoms with E-state index in [1.165, 1.54) is 15.3 Å². The third-order valence-corrected chi connectivity index (χ3v) is 4.21. The quantitative estimate of drug-likeness (QED) is 0.621. The molecule has 1 amide bonds. The lowest BCUT2D eigenvalue weighted by atomic mass is 10.2. The third-order valence-electron chi connectivity index (χ3n) is 4.21. The van der Waals surface area contributed by atoms with E-state index in [1.54, 1.807) is 68.8 Å². The molecule has 2 aromatic carbocycles. The molecule has 0 spiro atoms. The SMILES string of the molecule is CCOC(=O)c1ccccc1NC(=O)Cn1ccn(-c2ccc(OC)cc2)c1=O. The molecule has 0 unspecified atom stereocenters. The van der Waals surface area contributed by atoms with Crippen LogP contribution in [0.4, 0.5) is 5.69 Å². The summed E-state index contributed by atoms with van der Waals surface area (Å²) in [7, 11) is 1.57. The molecule has 1 aromatic heterocycles. The first-order valence-electron chi connectivity index (χ1n) is 9.01. The fraction of sp³-hybridized carbons (Fsp3) is 0.190. The van der Waals surface area contributed by atoms with E-state index in [0.29, 0.717) is 17.1 Å². The van der Waals surface area contributed by atoms with Gasteiger partial charge in [-0.05, 0) is 43.3 Å². The van der Waals surface area contributed by atoms with Crippen molar-refractivity contribution >= 4 is 17.6 Å². The number of hydrogen-bond donors (Lipinski definition) is 1. The zero-order chi connectivity index (χ0) is 20.8. The van der Waals surface area contributed by atoms with Crippen molar-refractivity contribution in [3.05, 3.63) is 77.0 Å². The van der Waals surface area contributed by atoms with Gasteiger partial charge in [-0.3, -0.25) is 13.9 Å². The van der Waals surface area contributed by atoms with Gasteiger partial charge in [-0.1, -0.05) is 12.1 Å². The van der Waals surface area contributed by atoms with Crippen LogP contribution in [0.2, 0.25) is 0 Å². The molecule has 150 valence electrons. The Hall–Kier alpha value is -3.81. The number of amides is 1. The molecular weight excluding hydrogens is 374 g/mol. The van der Waals surface area contributed by atoms with Crippen molar-refractivity contribution in [1.29, 1.82) is 0 Å². The van der Waals surface area contributed by atoms with Crippen LogP contribution in [-0.2, 0) is 16.1 Å². The first kappa shape index (κ1) is 19.9. The van der Waals surface area contributed by atoms with Crippen molar-refractivity contribution in [2.24, 2.45) is 0 Å². The molecule has 0 atom stereocenters. The van der Waals surface area contributed by atoms with E-state index in [4.69, 9.17) is 9.47 Å². The van der Waals surface area contributed by atoms with E-state index in [2.05, 4.69) is 5.32 Å². The average Bonchev–Trinajstić information content (AvgIpc) is 3.08. The largest absolute Gasteiger partial charge is 0.497 e. The Morgan fingerprint density at radius 2 is 1.76 bits per heavy atom. The molecule has 0 saturated heterocycles. The molecule has 29 heavy (non-hydrogen) atoms. The van der Waals surface area contributed by atoms with Gasteiger partial charge in [0.05, 0.1) is 30.7 Å². The van der Waals surface area contributed by atoms with Gasteiger partial charge < -0.3 is 14.8 Å². The number of carbonyl (C=O) groups excluding carboxylic acids is 2. The van der Waals surface area contributed by atoms with Crippen molar-refractivity contribution in [2.45, 2.75) is 13.5 Å². The lowest BCUT2D eigenvalue weighted by Gasteiger charge is -2.10. The van der Waals surface area contributed by atoms with Crippen LogP contribution in [0.1, 0.15) is 17.3 Å². The minimum Gasteiger partial charge on any atom is -0.497 e. The second-order valence-electron chi connectivity index (χ2n) is 6.09. The minimum absolute atomic E-state index is 0.195. The van der Waals surface area contributed by atoms with E-state index in [9.17, 15) is 14.4 Å². The van der Waals surface area contributed by atoms with Crippen LogP contribution in [0.25, 0.3) is 5.69 Å². The fourth-order valence-corrected chi connectivity index (χ4v) is 2.80. The van der Waals surface area contributed by atoms with Gasteiger partial charge in [-0.2, -0.15) is 0 Å². The number of aromatic nitrogens is 2. The number of esters is 1. The highest BCUT2D eigenvalue weighted by molar-refractivity contribution is 6.01. The van der Waals surface area contributed by atoms with Crippen molar-refractivity contribution in [1.82, 2.24) is 9.13 Å². The molecule has 0 radical (unpaired) electrons. The molecule has 1 N–H and O–H groups in total. The second-order valence-corrected chi connectivity index (χ2v) is 6.09. The molecule has 0 bridgehead atoms. The first-order chi connectivity index (χ1) is 14.0. The van der Waals surface area contributed by atoms with E-state index < -0.39 is 11.9 Å². The molecule has 0 aliphatic heterocycles. The molecule has 3 aromatic rings. The van der Waals surface area contributed by atoms with Gasteiger partial charge in [-0.15, -0.1) is 0 Å². The number of methoxy groups -OCH3 is 1.